The maximum atomic E-state index is 13.2. The molecule has 9 heteroatoms. The van der Waals surface area contributed by atoms with Gasteiger partial charge in [-0.1, -0.05) is 47.7 Å². The molecule has 3 aromatic heterocycles. The molecule has 2 aliphatic rings. The summed E-state index contributed by atoms with van der Waals surface area (Å²) in [5.41, 5.74) is 3.83. The molecule has 178 valence electrons. The highest BCUT2D eigenvalue weighted by atomic mass is 32.1. The Kier molecular flexibility index (Phi) is 5.69. The number of amides is 1. The van der Waals surface area contributed by atoms with Gasteiger partial charge >= 0.3 is 0 Å². The van der Waals surface area contributed by atoms with Gasteiger partial charge in [-0.05, 0) is 18.4 Å². The summed E-state index contributed by atoms with van der Waals surface area (Å²) in [6.45, 7) is 2.88. The number of fused-ring (bicyclic) bond motifs is 4. The van der Waals surface area contributed by atoms with Crippen molar-refractivity contribution >= 4 is 22.4 Å². The fourth-order valence-electron chi connectivity index (χ4n) is 5.25. The molecule has 2 bridgehead atoms. The van der Waals surface area contributed by atoms with Crippen molar-refractivity contribution in [2.24, 2.45) is 5.92 Å². The highest BCUT2D eigenvalue weighted by molar-refractivity contribution is 7.18. The number of nitrogens with one attached hydrogen (secondary N) is 2. The lowest BCUT2D eigenvalue weighted by Crippen LogP contribution is -2.47. The smallest absolute Gasteiger partial charge is 0.263 e. The molecule has 0 spiro atoms. The van der Waals surface area contributed by atoms with Crippen LogP contribution < -0.4 is 15.8 Å². The molecule has 0 saturated carbocycles. The molecule has 2 aliphatic heterocycles. The molecule has 2 N–H and O–H groups in total. The fourth-order valence-corrected chi connectivity index (χ4v) is 6.28. The van der Waals surface area contributed by atoms with Gasteiger partial charge in [0.25, 0.3) is 11.5 Å². The summed E-state index contributed by atoms with van der Waals surface area (Å²) in [7, 11) is 0. The van der Waals surface area contributed by atoms with Gasteiger partial charge in [-0.3, -0.25) is 9.59 Å². The number of nitrogens with zero attached hydrogens (tertiary/aromatic N) is 4. The van der Waals surface area contributed by atoms with Gasteiger partial charge in [-0.15, -0.1) is 0 Å². The lowest BCUT2D eigenvalue weighted by Gasteiger charge is -2.42. The standard InChI is InChI=1S/C26H26N6O2S/c33-22-8-4-7-21-19-11-17(14-32(21)22)13-31(15-19)26-30-23(18-5-2-1-3-6-18)24(35-26)25(34)28-10-9-20-12-27-16-29-20/h1-8,12,16-17,19H,9-11,13-15H2,(H,27,29)(H,28,34). The number of piperidine rings is 1. The zero-order chi connectivity index (χ0) is 23.8. The van der Waals surface area contributed by atoms with Gasteiger partial charge in [0.15, 0.2) is 5.13 Å². The fraction of sp³-hybridized carbons (Fsp3) is 0.308. The molecule has 4 aromatic rings. The van der Waals surface area contributed by atoms with Crippen molar-refractivity contribution in [3.8, 4) is 11.3 Å². The van der Waals surface area contributed by atoms with Crippen LogP contribution in [0, 0.1) is 5.92 Å². The van der Waals surface area contributed by atoms with E-state index in [1.807, 2.05) is 41.0 Å². The number of pyridine rings is 1. The Morgan fingerprint density at radius 1 is 1.11 bits per heavy atom. The predicted molar refractivity (Wildman–Crippen MR) is 136 cm³/mol. The van der Waals surface area contributed by atoms with Crippen molar-refractivity contribution in [3.05, 3.63) is 87.7 Å². The number of aromatic nitrogens is 4. The number of anilines is 1. The molecule has 35 heavy (non-hydrogen) atoms. The van der Waals surface area contributed by atoms with E-state index in [1.54, 1.807) is 18.6 Å². The summed E-state index contributed by atoms with van der Waals surface area (Å²) in [4.78, 5) is 40.6. The van der Waals surface area contributed by atoms with Crippen LogP contribution >= 0.6 is 11.3 Å². The molecule has 2 unspecified atom stereocenters. The number of aromatic amines is 1. The zero-order valence-corrected chi connectivity index (χ0v) is 20.0. The second-order valence-electron chi connectivity index (χ2n) is 9.23. The summed E-state index contributed by atoms with van der Waals surface area (Å²) in [5.74, 6) is 0.561. The van der Waals surface area contributed by atoms with Crippen LogP contribution in [-0.4, -0.2) is 45.1 Å². The quantitative estimate of drug-likeness (QED) is 0.436. The highest BCUT2D eigenvalue weighted by Gasteiger charge is 2.36. The molecule has 2 atom stereocenters. The van der Waals surface area contributed by atoms with E-state index in [-0.39, 0.29) is 17.4 Å². The van der Waals surface area contributed by atoms with Gasteiger partial charge in [0.05, 0.1) is 12.0 Å². The van der Waals surface area contributed by atoms with Crippen molar-refractivity contribution in [2.45, 2.75) is 25.3 Å². The Balaban J connectivity index is 1.28. The zero-order valence-electron chi connectivity index (χ0n) is 19.2. The lowest BCUT2D eigenvalue weighted by atomic mass is 9.83. The molecule has 1 fully saturated rings. The molecular weight excluding hydrogens is 460 g/mol. The second-order valence-corrected chi connectivity index (χ2v) is 10.2. The van der Waals surface area contributed by atoms with E-state index in [9.17, 15) is 9.59 Å². The van der Waals surface area contributed by atoms with Crippen LogP contribution in [-0.2, 0) is 13.0 Å². The third-order valence-electron chi connectivity index (χ3n) is 6.85. The van der Waals surface area contributed by atoms with Crippen molar-refractivity contribution < 1.29 is 4.79 Å². The van der Waals surface area contributed by atoms with Crippen molar-refractivity contribution in [3.63, 3.8) is 0 Å². The number of hydrogen-bond acceptors (Lipinski definition) is 6. The van der Waals surface area contributed by atoms with E-state index in [2.05, 4.69) is 26.3 Å². The summed E-state index contributed by atoms with van der Waals surface area (Å²) in [6, 6.07) is 15.5. The first-order valence-electron chi connectivity index (χ1n) is 11.9. The molecule has 1 aromatic carbocycles. The third-order valence-corrected chi connectivity index (χ3v) is 7.97. The van der Waals surface area contributed by atoms with Gasteiger partial charge in [-0.25, -0.2) is 9.97 Å². The Morgan fingerprint density at radius 2 is 2.00 bits per heavy atom. The van der Waals surface area contributed by atoms with E-state index < -0.39 is 0 Å². The van der Waals surface area contributed by atoms with Crippen molar-refractivity contribution in [1.82, 2.24) is 24.8 Å². The summed E-state index contributed by atoms with van der Waals surface area (Å²) in [5, 5.41) is 3.91. The van der Waals surface area contributed by atoms with E-state index in [1.165, 1.54) is 11.3 Å². The van der Waals surface area contributed by atoms with Crippen LogP contribution in [0.2, 0.25) is 0 Å². The molecular formula is C26H26N6O2S. The van der Waals surface area contributed by atoms with Crippen LogP contribution in [0.4, 0.5) is 5.13 Å². The normalized spacial score (nSPS) is 18.8. The van der Waals surface area contributed by atoms with E-state index in [4.69, 9.17) is 4.98 Å². The Bertz CT molecular complexity index is 1390. The summed E-state index contributed by atoms with van der Waals surface area (Å²) in [6.07, 6.45) is 5.18. The summed E-state index contributed by atoms with van der Waals surface area (Å²) < 4.78 is 1.94. The van der Waals surface area contributed by atoms with Gasteiger partial charge in [0, 0.05) is 67.7 Å². The van der Waals surface area contributed by atoms with E-state index >= 15 is 0 Å². The summed E-state index contributed by atoms with van der Waals surface area (Å²) >= 11 is 1.45. The second kappa shape index (κ2) is 9.14. The lowest BCUT2D eigenvalue weighted by molar-refractivity contribution is 0.0958. The molecule has 1 saturated heterocycles. The topological polar surface area (TPSA) is 95.9 Å². The Morgan fingerprint density at radius 3 is 2.83 bits per heavy atom. The maximum Gasteiger partial charge on any atom is 0.263 e. The maximum absolute atomic E-state index is 13.2. The monoisotopic (exact) mass is 486 g/mol. The molecule has 8 nitrogen and oxygen atoms in total. The first kappa shape index (κ1) is 21.8. The minimum Gasteiger partial charge on any atom is -0.351 e. The number of imidazole rings is 1. The SMILES string of the molecule is O=C(NCCc1cnc[nH]1)c1sc(N2CC3CC(C2)c2cccc(=O)n2C3)nc1-c1ccccc1. The number of rotatable bonds is 6. The van der Waals surface area contributed by atoms with Gasteiger partial charge in [-0.2, -0.15) is 0 Å². The van der Waals surface area contributed by atoms with Gasteiger partial charge in [0.2, 0.25) is 0 Å². The average Bonchev–Trinajstić information content (AvgIpc) is 3.56. The van der Waals surface area contributed by atoms with E-state index in [0.717, 1.165) is 53.8 Å². The molecule has 6 rings (SSSR count). The van der Waals surface area contributed by atoms with Crippen LogP contribution in [0.25, 0.3) is 11.3 Å². The van der Waals surface area contributed by atoms with E-state index in [0.29, 0.717) is 23.8 Å². The number of benzene rings is 1. The number of carbonyl (C=O) groups excluding carboxylic acids is 1. The average molecular weight is 487 g/mol. The number of carbonyl (C=O) groups is 1. The first-order chi connectivity index (χ1) is 17.2. The van der Waals surface area contributed by atoms with Crippen LogP contribution in [0.3, 0.4) is 0 Å². The van der Waals surface area contributed by atoms with Crippen LogP contribution in [0.1, 0.15) is 33.4 Å². The largest absolute Gasteiger partial charge is 0.351 e. The van der Waals surface area contributed by atoms with Gasteiger partial charge in [0.1, 0.15) is 4.88 Å². The van der Waals surface area contributed by atoms with Crippen LogP contribution in [0.15, 0.2) is 65.8 Å². The molecule has 0 radical (unpaired) electrons. The molecule has 0 aliphatic carbocycles. The minimum absolute atomic E-state index is 0.0837. The number of H-pyrrole nitrogens is 1. The highest BCUT2D eigenvalue weighted by Crippen LogP contribution is 2.40. The first-order valence-corrected chi connectivity index (χ1v) is 12.7. The Labute approximate surface area is 206 Å². The molecule has 5 heterocycles. The van der Waals surface area contributed by atoms with Crippen molar-refractivity contribution in [2.75, 3.05) is 24.5 Å². The minimum atomic E-state index is -0.110. The van der Waals surface area contributed by atoms with Crippen LogP contribution in [0.5, 0.6) is 0 Å². The number of thiazole rings is 1. The third kappa shape index (κ3) is 4.27. The van der Waals surface area contributed by atoms with Crippen molar-refractivity contribution in [1.29, 1.82) is 0 Å². The number of hydrogen-bond donors (Lipinski definition) is 2. The Hall–Kier alpha value is -3.72. The van der Waals surface area contributed by atoms with Gasteiger partial charge < -0.3 is 19.8 Å². The predicted octanol–water partition coefficient (Wildman–Crippen LogP) is 3.29. The molecule has 1 amide bonds.